The average molecular weight is 203 g/mol. The molecule has 0 saturated heterocycles. The molecule has 0 aromatic heterocycles. The number of hydrogen-bond donors (Lipinski definition) is 2. The molecule has 0 bridgehead atoms. The zero-order valence-electron chi connectivity index (χ0n) is 5.95. The molecule has 54 valence electrons. The molecule has 4 heteroatoms. The zero-order chi connectivity index (χ0) is 7.56. The van der Waals surface area contributed by atoms with Crippen LogP contribution in [0.1, 0.15) is 10.4 Å². The molecule has 1 aromatic carbocycles. The normalized spacial score (nSPS) is 8.36. The van der Waals surface area contributed by atoms with Crippen molar-refractivity contribution >= 4 is 5.91 Å². The van der Waals surface area contributed by atoms with Gasteiger partial charge < -0.3 is 10.8 Å². The number of hydrogen-bond acceptors (Lipinski definition) is 2. The van der Waals surface area contributed by atoms with Crippen LogP contribution >= 0.6 is 0 Å². The van der Waals surface area contributed by atoms with Crippen LogP contribution in [-0.2, 0) is 19.5 Å². The molecule has 0 fully saturated rings. The summed E-state index contributed by atoms with van der Waals surface area (Å²) in [5, 5.41) is 8.79. The molecule has 0 radical (unpaired) electrons. The number of benzene rings is 1. The van der Waals surface area contributed by atoms with E-state index in [0.717, 1.165) is 0 Å². The predicted molar refractivity (Wildman–Crippen MR) is 36.6 cm³/mol. The van der Waals surface area contributed by atoms with Crippen molar-refractivity contribution in [3.63, 3.8) is 0 Å². The molecule has 0 aliphatic rings. The quantitative estimate of drug-likeness (QED) is 0.651. The van der Waals surface area contributed by atoms with Crippen molar-refractivity contribution in [2.24, 2.45) is 5.73 Å². The molecule has 1 aromatic rings. The van der Waals surface area contributed by atoms with E-state index in [0.29, 0.717) is 5.56 Å². The minimum absolute atomic E-state index is 0. The minimum atomic E-state index is -0.486. The van der Waals surface area contributed by atoms with Crippen molar-refractivity contribution in [3.8, 4) is 5.75 Å². The second-order valence-electron chi connectivity index (χ2n) is 1.91. The number of phenolic OH excluding ortho intramolecular Hbond substituents is 1. The second-order valence-corrected chi connectivity index (χ2v) is 1.91. The van der Waals surface area contributed by atoms with Crippen molar-refractivity contribution < 1.29 is 29.4 Å². The number of rotatable bonds is 1. The number of nitrogens with two attached hydrogens (primary N) is 1. The average Bonchev–Trinajstić information content (AvgIpc) is 1.88. The van der Waals surface area contributed by atoms with Crippen LogP contribution in [0.25, 0.3) is 0 Å². The Kier molecular flexibility index (Phi) is 3.76. The third-order valence-corrected chi connectivity index (χ3v) is 1.15. The molecule has 1 rings (SSSR count). The minimum Gasteiger partial charge on any atom is -0.508 e. The third-order valence-electron chi connectivity index (χ3n) is 1.15. The Morgan fingerprint density at radius 3 is 2.09 bits per heavy atom. The van der Waals surface area contributed by atoms with Crippen molar-refractivity contribution in [1.82, 2.24) is 0 Å². The van der Waals surface area contributed by atoms with Crippen LogP contribution < -0.4 is 5.73 Å². The van der Waals surface area contributed by atoms with E-state index in [1.54, 1.807) is 0 Å². The van der Waals surface area contributed by atoms with Gasteiger partial charge in [-0.2, -0.15) is 0 Å². The molecule has 1 amide bonds. The fourth-order valence-corrected chi connectivity index (χ4v) is 0.626. The second kappa shape index (κ2) is 4.09. The fourth-order valence-electron chi connectivity index (χ4n) is 0.626. The maximum absolute atomic E-state index is 10.5. The first-order valence-electron chi connectivity index (χ1n) is 2.79. The topological polar surface area (TPSA) is 63.3 Å². The number of amides is 1. The molecule has 0 saturated carbocycles. The Hall–Kier alpha value is -0.887. The van der Waals surface area contributed by atoms with E-state index >= 15 is 0 Å². The summed E-state index contributed by atoms with van der Waals surface area (Å²) in [6.45, 7) is 0. The van der Waals surface area contributed by atoms with Gasteiger partial charge in [0.15, 0.2) is 0 Å². The van der Waals surface area contributed by atoms with Crippen molar-refractivity contribution in [1.29, 1.82) is 0 Å². The smallest absolute Gasteiger partial charge is 0.248 e. The Balaban J connectivity index is 0.000001000. The first-order chi connectivity index (χ1) is 4.70. The van der Waals surface area contributed by atoms with Gasteiger partial charge >= 0.3 is 0 Å². The molecule has 0 heterocycles. The molecule has 0 aliphatic carbocycles. The molecule has 3 nitrogen and oxygen atoms in total. The van der Waals surface area contributed by atoms with E-state index in [9.17, 15) is 4.79 Å². The van der Waals surface area contributed by atoms with Gasteiger partial charge in [-0.1, -0.05) is 0 Å². The van der Waals surface area contributed by atoms with E-state index in [1.807, 2.05) is 0 Å². The molecular formula is C7H7NO2Zn. The number of phenols is 1. The molecule has 11 heavy (non-hydrogen) atoms. The van der Waals surface area contributed by atoms with Gasteiger partial charge in [-0.3, -0.25) is 4.79 Å². The monoisotopic (exact) mass is 201 g/mol. The summed E-state index contributed by atoms with van der Waals surface area (Å²) in [4.78, 5) is 10.5. The molecular weight excluding hydrogens is 195 g/mol. The SMILES string of the molecule is NC(=O)c1ccc(O)cc1.[Zn]. The molecule has 0 atom stereocenters. The number of carbonyl (C=O) groups excluding carboxylic acids is 1. The maximum Gasteiger partial charge on any atom is 0.248 e. The van der Waals surface area contributed by atoms with Gasteiger partial charge in [-0.25, -0.2) is 0 Å². The van der Waals surface area contributed by atoms with Crippen molar-refractivity contribution in [3.05, 3.63) is 29.8 Å². The van der Waals surface area contributed by atoms with E-state index in [1.165, 1.54) is 24.3 Å². The van der Waals surface area contributed by atoms with Crippen LogP contribution in [0, 0.1) is 0 Å². The molecule has 0 unspecified atom stereocenters. The maximum atomic E-state index is 10.5. The third kappa shape index (κ3) is 2.68. The molecule has 0 aliphatic heterocycles. The van der Waals surface area contributed by atoms with Gasteiger partial charge in [-0.15, -0.1) is 0 Å². The Morgan fingerprint density at radius 1 is 1.27 bits per heavy atom. The Labute approximate surface area is 77.0 Å². The Bertz CT molecular complexity index is 245. The summed E-state index contributed by atoms with van der Waals surface area (Å²) >= 11 is 0. The summed E-state index contributed by atoms with van der Waals surface area (Å²) in [5.41, 5.74) is 5.34. The van der Waals surface area contributed by atoms with Crippen LogP contribution in [0.15, 0.2) is 24.3 Å². The van der Waals surface area contributed by atoms with Gasteiger partial charge in [0.25, 0.3) is 0 Å². The van der Waals surface area contributed by atoms with Gasteiger partial charge in [0.1, 0.15) is 5.75 Å². The summed E-state index contributed by atoms with van der Waals surface area (Å²) in [6.07, 6.45) is 0. The van der Waals surface area contributed by atoms with Crippen LogP contribution in [0.2, 0.25) is 0 Å². The standard InChI is InChI=1S/C7H7NO2.Zn/c8-7(10)5-1-3-6(9)4-2-5;/h1-4,9H,(H2,8,10);. The van der Waals surface area contributed by atoms with Crippen molar-refractivity contribution in [2.75, 3.05) is 0 Å². The largest absolute Gasteiger partial charge is 0.508 e. The van der Waals surface area contributed by atoms with Crippen LogP contribution in [-0.4, -0.2) is 11.0 Å². The van der Waals surface area contributed by atoms with Gasteiger partial charge in [-0.05, 0) is 24.3 Å². The van der Waals surface area contributed by atoms with E-state index < -0.39 is 5.91 Å². The van der Waals surface area contributed by atoms with Crippen LogP contribution in [0.5, 0.6) is 5.75 Å². The van der Waals surface area contributed by atoms with Crippen LogP contribution in [0.4, 0.5) is 0 Å². The number of primary amides is 1. The predicted octanol–water partition coefficient (Wildman–Crippen LogP) is 0.489. The molecule has 3 N–H and O–H groups in total. The van der Waals surface area contributed by atoms with Gasteiger partial charge in [0, 0.05) is 25.0 Å². The number of aromatic hydroxyl groups is 1. The van der Waals surface area contributed by atoms with E-state index in [-0.39, 0.29) is 25.2 Å². The zero-order valence-corrected chi connectivity index (χ0v) is 8.92. The van der Waals surface area contributed by atoms with E-state index in [4.69, 9.17) is 10.8 Å². The van der Waals surface area contributed by atoms with Crippen LogP contribution in [0.3, 0.4) is 0 Å². The summed E-state index contributed by atoms with van der Waals surface area (Å²) in [7, 11) is 0. The van der Waals surface area contributed by atoms with E-state index in [2.05, 4.69) is 0 Å². The summed E-state index contributed by atoms with van der Waals surface area (Å²) in [6, 6.07) is 5.77. The Morgan fingerprint density at radius 2 is 1.73 bits per heavy atom. The number of carbonyl (C=O) groups is 1. The molecule has 0 spiro atoms. The first-order valence-corrected chi connectivity index (χ1v) is 2.79. The first kappa shape index (κ1) is 10.1. The van der Waals surface area contributed by atoms with Gasteiger partial charge in [0.05, 0.1) is 0 Å². The fraction of sp³-hybridized carbons (Fsp3) is 0. The van der Waals surface area contributed by atoms with Crippen molar-refractivity contribution in [2.45, 2.75) is 0 Å². The summed E-state index contributed by atoms with van der Waals surface area (Å²) < 4.78 is 0. The summed E-state index contributed by atoms with van der Waals surface area (Å²) in [5.74, 6) is -0.356. The van der Waals surface area contributed by atoms with Gasteiger partial charge in [0.2, 0.25) is 5.91 Å².